The molecule has 4 N–H and O–H groups in total. The van der Waals surface area contributed by atoms with E-state index in [-0.39, 0.29) is 49.3 Å². The highest BCUT2D eigenvalue weighted by Crippen LogP contribution is 2.34. The molecule has 1 unspecified atom stereocenters. The molecular weight excluding hydrogens is 380 g/mol. The number of rotatable bonds is 6. The molecule has 3 rings (SSSR count). The molecule has 1 saturated heterocycles. The second-order valence-corrected chi connectivity index (χ2v) is 7.69. The van der Waals surface area contributed by atoms with Crippen LogP contribution in [0.15, 0.2) is 24.3 Å². The number of hydrogen-bond acceptors (Lipinski definition) is 4. The van der Waals surface area contributed by atoms with Crippen LogP contribution in [0.3, 0.4) is 0 Å². The van der Waals surface area contributed by atoms with Crippen molar-refractivity contribution >= 4 is 30.3 Å². The summed E-state index contributed by atoms with van der Waals surface area (Å²) >= 11 is 0. The lowest BCUT2D eigenvalue weighted by Crippen LogP contribution is -2.48. The van der Waals surface area contributed by atoms with Gasteiger partial charge in [-0.25, -0.2) is 4.79 Å². The van der Waals surface area contributed by atoms with Gasteiger partial charge in [0.05, 0.1) is 6.54 Å². The largest absolute Gasteiger partial charge is 0.352 e. The Morgan fingerprint density at radius 2 is 1.86 bits per heavy atom. The molecule has 7 nitrogen and oxygen atoms in total. The Morgan fingerprint density at radius 3 is 2.50 bits per heavy atom. The van der Waals surface area contributed by atoms with Gasteiger partial charge in [-0.1, -0.05) is 43.5 Å². The van der Waals surface area contributed by atoms with Crippen molar-refractivity contribution in [2.75, 3.05) is 0 Å². The van der Waals surface area contributed by atoms with Gasteiger partial charge < -0.3 is 16.4 Å². The van der Waals surface area contributed by atoms with E-state index in [0.29, 0.717) is 19.4 Å². The number of nitrogens with one attached hydrogen (secondary N) is 2. The first-order valence-corrected chi connectivity index (χ1v) is 9.64. The third-order valence-corrected chi connectivity index (χ3v) is 5.38. The van der Waals surface area contributed by atoms with Crippen molar-refractivity contribution in [1.29, 1.82) is 0 Å². The van der Waals surface area contributed by atoms with E-state index in [9.17, 15) is 14.4 Å². The normalized spacial score (nSPS) is 19.1. The standard InChI is InChI=1S/C20H28N4O3.ClH/c1-14(21)11-17(25)22-12-15-7-3-4-8-16(15)13-24-18(26)20(23-19(24)27)9-5-2-6-10-20;/h3-4,7-8,14H,2,5-6,9-13,21H2,1H3,(H,22,25)(H,23,27);1H. The van der Waals surface area contributed by atoms with E-state index in [4.69, 9.17) is 5.73 Å². The fourth-order valence-corrected chi connectivity index (χ4v) is 3.93. The van der Waals surface area contributed by atoms with Crippen LogP contribution < -0.4 is 16.4 Å². The number of amides is 4. The second-order valence-electron chi connectivity index (χ2n) is 7.69. The fourth-order valence-electron chi connectivity index (χ4n) is 3.93. The SMILES string of the molecule is CC(N)CC(=O)NCc1ccccc1CN1C(=O)NC2(CCCCC2)C1=O.Cl. The average molecular weight is 409 g/mol. The summed E-state index contributed by atoms with van der Waals surface area (Å²) in [7, 11) is 0. The minimum atomic E-state index is -0.713. The first-order chi connectivity index (χ1) is 12.9. The number of urea groups is 1. The third kappa shape index (κ3) is 4.83. The molecule has 1 aliphatic carbocycles. The van der Waals surface area contributed by atoms with Gasteiger partial charge in [-0.15, -0.1) is 12.4 Å². The Balaban J connectivity index is 0.00000280. The van der Waals surface area contributed by atoms with E-state index in [1.165, 1.54) is 4.90 Å². The molecule has 1 heterocycles. The average Bonchev–Trinajstić information content (AvgIpc) is 2.85. The molecule has 1 aromatic carbocycles. The minimum Gasteiger partial charge on any atom is -0.352 e. The first-order valence-electron chi connectivity index (χ1n) is 9.64. The van der Waals surface area contributed by atoms with Crippen LogP contribution in [0.4, 0.5) is 4.79 Å². The van der Waals surface area contributed by atoms with Gasteiger partial charge >= 0.3 is 6.03 Å². The molecule has 8 heteroatoms. The molecule has 1 atom stereocenters. The Hall–Kier alpha value is -2.12. The Morgan fingerprint density at radius 1 is 1.21 bits per heavy atom. The fraction of sp³-hybridized carbons (Fsp3) is 0.550. The van der Waals surface area contributed by atoms with Gasteiger partial charge in [0.1, 0.15) is 5.54 Å². The molecular formula is C20H29ClN4O3. The lowest BCUT2D eigenvalue weighted by molar-refractivity contribution is -0.132. The number of nitrogens with zero attached hydrogens (tertiary/aromatic N) is 1. The third-order valence-electron chi connectivity index (χ3n) is 5.38. The van der Waals surface area contributed by atoms with Crippen LogP contribution in [-0.4, -0.2) is 34.3 Å². The van der Waals surface area contributed by atoms with Crippen molar-refractivity contribution in [3.63, 3.8) is 0 Å². The lowest BCUT2D eigenvalue weighted by atomic mass is 9.81. The van der Waals surface area contributed by atoms with Gasteiger partial charge in [0.15, 0.2) is 0 Å². The molecule has 0 bridgehead atoms. The van der Waals surface area contributed by atoms with Gasteiger partial charge in [-0.05, 0) is 30.9 Å². The molecule has 0 aromatic heterocycles. The van der Waals surface area contributed by atoms with Gasteiger partial charge in [0.2, 0.25) is 5.91 Å². The summed E-state index contributed by atoms with van der Waals surface area (Å²) in [4.78, 5) is 38.6. The zero-order valence-corrected chi connectivity index (χ0v) is 17.0. The number of carbonyl (C=O) groups is 3. The van der Waals surface area contributed by atoms with Gasteiger partial charge in [-0.2, -0.15) is 0 Å². The Labute approximate surface area is 171 Å². The van der Waals surface area contributed by atoms with Gasteiger partial charge in [0.25, 0.3) is 5.91 Å². The quantitative estimate of drug-likeness (QED) is 0.627. The number of hydrogen-bond donors (Lipinski definition) is 3. The molecule has 1 aliphatic heterocycles. The Bertz CT molecular complexity index is 732. The van der Waals surface area contributed by atoms with E-state index < -0.39 is 5.54 Å². The maximum Gasteiger partial charge on any atom is 0.325 e. The molecule has 1 spiro atoms. The molecule has 1 saturated carbocycles. The molecule has 2 aliphatic rings. The van der Waals surface area contributed by atoms with Crippen molar-refractivity contribution in [3.8, 4) is 0 Å². The number of benzene rings is 1. The van der Waals surface area contributed by atoms with E-state index >= 15 is 0 Å². The van der Waals surface area contributed by atoms with Crippen LogP contribution in [0.2, 0.25) is 0 Å². The summed E-state index contributed by atoms with van der Waals surface area (Å²) in [5.41, 5.74) is 6.68. The van der Waals surface area contributed by atoms with Gasteiger partial charge in [-0.3, -0.25) is 14.5 Å². The second kappa shape index (κ2) is 9.39. The van der Waals surface area contributed by atoms with Crippen molar-refractivity contribution in [3.05, 3.63) is 35.4 Å². The van der Waals surface area contributed by atoms with Crippen LogP contribution in [0.5, 0.6) is 0 Å². The minimum absolute atomic E-state index is 0. The summed E-state index contributed by atoms with van der Waals surface area (Å²) in [6, 6.07) is 7.02. The zero-order valence-electron chi connectivity index (χ0n) is 16.2. The summed E-state index contributed by atoms with van der Waals surface area (Å²) in [5.74, 6) is -0.237. The van der Waals surface area contributed by atoms with Crippen LogP contribution >= 0.6 is 12.4 Å². The molecule has 0 radical (unpaired) electrons. The number of imide groups is 1. The van der Waals surface area contributed by atoms with E-state index in [1.807, 2.05) is 24.3 Å². The molecule has 28 heavy (non-hydrogen) atoms. The summed E-state index contributed by atoms with van der Waals surface area (Å²) in [6.45, 7) is 2.34. The maximum absolute atomic E-state index is 13.0. The first kappa shape index (κ1) is 22.2. The molecule has 154 valence electrons. The lowest BCUT2D eigenvalue weighted by Gasteiger charge is -2.30. The van der Waals surface area contributed by atoms with Crippen LogP contribution in [0.1, 0.15) is 56.6 Å². The Kier molecular flexibility index (Phi) is 7.43. The van der Waals surface area contributed by atoms with Crippen molar-refractivity contribution in [2.45, 2.75) is 70.1 Å². The van der Waals surface area contributed by atoms with Crippen LogP contribution in [0.25, 0.3) is 0 Å². The highest BCUT2D eigenvalue weighted by atomic mass is 35.5. The zero-order chi connectivity index (χ0) is 19.4. The van der Waals surface area contributed by atoms with Crippen molar-refractivity contribution in [2.24, 2.45) is 5.73 Å². The van der Waals surface area contributed by atoms with Crippen molar-refractivity contribution < 1.29 is 14.4 Å². The highest BCUT2D eigenvalue weighted by molar-refractivity contribution is 6.07. The molecule has 2 fully saturated rings. The summed E-state index contributed by atoms with van der Waals surface area (Å²) < 4.78 is 0. The number of carbonyl (C=O) groups excluding carboxylic acids is 3. The predicted octanol–water partition coefficient (Wildman–Crippen LogP) is 2.22. The number of halogens is 1. The van der Waals surface area contributed by atoms with E-state index in [1.54, 1.807) is 6.92 Å². The smallest absolute Gasteiger partial charge is 0.325 e. The predicted molar refractivity (Wildman–Crippen MR) is 109 cm³/mol. The number of nitrogens with two attached hydrogens (primary N) is 1. The van der Waals surface area contributed by atoms with Gasteiger partial charge in [0, 0.05) is 19.0 Å². The maximum atomic E-state index is 13.0. The summed E-state index contributed by atoms with van der Waals surface area (Å²) in [5, 5.41) is 5.79. The molecule has 1 aromatic rings. The topological polar surface area (TPSA) is 105 Å². The monoisotopic (exact) mass is 408 g/mol. The van der Waals surface area contributed by atoms with Crippen LogP contribution in [0, 0.1) is 0 Å². The van der Waals surface area contributed by atoms with E-state index in [2.05, 4.69) is 10.6 Å². The molecule has 4 amide bonds. The van der Waals surface area contributed by atoms with Crippen LogP contribution in [-0.2, 0) is 22.7 Å². The van der Waals surface area contributed by atoms with Crippen molar-refractivity contribution in [1.82, 2.24) is 15.5 Å². The highest BCUT2D eigenvalue weighted by Gasteiger charge is 2.51. The summed E-state index contributed by atoms with van der Waals surface area (Å²) in [6.07, 6.45) is 4.71. The van der Waals surface area contributed by atoms with E-state index in [0.717, 1.165) is 30.4 Å².